The summed E-state index contributed by atoms with van der Waals surface area (Å²) < 4.78 is 0. The molecule has 2 heterocycles. The Hall–Kier alpha value is -2.63. The summed E-state index contributed by atoms with van der Waals surface area (Å²) in [5, 5.41) is 0.632. The molecule has 1 aromatic heterocycles. The normalized spacial score (nSPS) is 15.6. The first kappa shape index (κ1) is 21.6. The van der Waals surface area contributed by atoms with E-state index in [1.807, 2.05) is 79.1 Å². The molecule has 0 radical (unpaired) electrons. The molecule has 0 saturated heterocycles. The molecule has 1 unspecified atom stereocenters. The number of hydrogen-bond donors (Lipinski definition) is 0. The highest BCUT2D eigenvalue weighted by Gasteiger charge is 2.36. The molecule has 4 rings (SSSR count). The van der Waals surface area contributed by atoms with Gasteiger partial charge in [0, 0.05) is 33.7 Å². The highest BCUT2D eigenvalue weighted by atomic mass is 35.5. The third-order valence-corrected chi connectivity index (χ3v) is 6.80. The first-order valence-corrected chi connectivity index (χ1v) is 11.6. The first-order valence-electron chi connectivity index (χ1n) is 10.4. The number of halogens is 1. The van der Waals surface area contributed by atoms with E-state index in [1.165, 1.54) is 11.3 Å². The van der Waals surface area contributed by atoms with Gasteiger partial charge in [0.15, 0.2) is 0 Å². The zero-order chi connectivity index (χ0) is 22.1. The topological polar surface area (TPSA) is 40.6 Å². The van der Waals surface area contributed by atoms with Gasteiger partial charge in [-0.3, -0.25) is 9.59 Å². The number of amides is 2. The zero-order valence-electron chi connectivity index (χ0n) is 17.8. The van der Waals surface area contributed by atoms with Crippen molar-refractivity contribution in [3.8, 4) is 0 Å². The summed E-state index contributed by atoms with van der Waals surface area (Å²) in [5.41, 5.74) is 2.67. The van der Waals surface area contributed by atoms with Gasteiger partial charge >= 0.3 is 0 Å². The predicted molar refractivity (Wildman–Crippen MR) is 128 cm³/mol. The van der Waals surface area contributed by atoms with Crippen LogP contribution in [0.3, 0.4) is 0 Å². The van der Waals surface area contributed by atoms with Crippen molar-refractivity contribution in [3.63, 3.8) is 0 Å². The maximum Gasteiger partial charge on any atom is 0.268 e. The van der Waals surface area contributed by atoms with Crippen LogP contribution in [0.15, 0.2) is 60.7 Å². The van der Waals surface area contributed by atoms with E-state index in [1.54, 1.807) is 12.1 Å². The molecule has 6 heteroatoms. The maximum absolute atomic E-state index is 13.3. The number of benzene rings is 2. The minimum atomic E-state index is -0.156. The third kappa shape index (κ3) is 4.25. The molecule has 0 N–H and O–H groups in total. The van der Waals surface area contributed by atoms with Gasteiger partial charge in [-0.25, -0.2) is 0 Å². The third-order valence-electron chi connectivity index (χ3n) is 5.56. The van der Waals surface area contributed by atoms with E-state index in [9.17, 15) is 9.59 Å². The summed E-state index contributed by atoms with van der Waals surface area (Å²) in [6, 6.07) is 19.0. The van der Waals surface area contributed by atoms with Crippen LogP contribution in [0.5, 0.6) is 0 Å². The van der Waals surface area contributed by atoms with Crippen molar-refractivity contribution in [2.45, 2.75) is 33.2 Å². The van der Waals surface area contributed by atoms with Crippen molar-refractivity contribution in [2.24, 2.45) is 5.92 Å². The summed E-state index contributed by atoms with van der Waals surface area (Å²) in [6.07, 6.45) is 0.661. The molecule has 0 aliphatic carbocycles. The summed E-state index contributed by atoms with van der Waals surface area (Å²) >= 11 is 7.60. The van der Waals surface area contributed by atoms with E-state index in [-0.39, 0.29) is 23.8 Å². The van der Waals surface area contributed by atoms with E-state index >= 15 is 0 Å². The zero-order valence-corrected chi connectivity index (χ0v) is 19.4. The number of thiophene rings is 1. The molecular weight excluding hydrogens is 428 g/mol. The first-order chi connectivity index (χ1) is 14.9. The van der Waals surface area contributed by atoms with Crippen molar-refractivity contribution in [1.82, 2.24) is 0 Å². The van der Waals surface area contributed by atoms with Crippen LogP contribution in [-0.2, 0) is 4.79 Å². The highest BCUT2D eigenvalue weighted by Crippen LogP contribution is 2.41. The standard InChI is InChI=1S/C25H25ClN2O2S/c1-16(2)24(29)28(19-11-9-18(26)10-12-19)22-14-15-27(21-7-5-4-6-20(21)22)25(30)23-13-8-17(3)31-23/h4-13,16,22H,14-15H2,1-3H3. The van der Waals surface area contributed by atoms with Crippen molar-refractivity contribution in [3.05, 3.63) is 81.0 Å². The summed E-state index contributed by atoms with van der Waals surface area (Å²) in [7, 11) is 0. The lowest BCUT2D eigenvalue weighted by Crippen LogP contribution is -2.44. The largest absolute Gasteiger partial charge is 0.307 e. The van der Waals surface area contributed by atoms with Crippen LogP contribution in [0.25, 0.3) is 0 Å². The van der Waals surface area contributed by atoms with E-state index in [0.717, 1.165) is 26.7 Å². The Labute approximate surface area is 192 Å². The second kappa shape index (κ2) is 8.85. The van der Waals surface area contributed by atoms with Gasteiger partial charge in [0.1, 0.15) is 0 Å². The van der Waals surface area contributed by atoms with Crippen LogP contribution in [0, 0.1) is 12.8 Å². The van der Waals surface area contributed by atoms with Crippen molar-refractivity contribution in [2.75, 3.05) is 16.3 Å². The Morgan fingerprint density at radius 2 is 1.77 bits per heavy atom. The van der Waals surface area contributed by atoms with Crippen molar-refractivity contribution >= 4 is 46.1 Å². The van der Waals surface area contributed by atoms with Crippen LogP contribution < -0.4 is 9.80 Å². The Morgan fingerprint density at radius 3 is 2.42 bits per heavy atom. The van der Waals surface area contributed by atoms with Crippen molar-refractivity contribution in [1.29, 1.82) is 0 Å². The molecule has 0 fully saturated rings. The molecule has 0 spiro atoms. The van der Waals surface area contributed by atoms with Gasteiger partial charge in [-0.1, -0.05) is 43.6 Å². The van der Waals surface area contributed by atoms with Crippen LogP contribution >= 0.6 is 22.9 Å². The lowest BCUT2D eigenvalue weighted by atomic mass is 9.93. The molecule has 31 heavy (non-hydrogen) atoms. The average Bonchev–Trinajstić information content (AvgIpc) is 3.21. The molecule has 3 aromatic rings. The molecule has 2 amide bonds. The number of anilines is 2. The molecule has 1 aliphatic heterocycles. The minimum Gasteiger partial charge on any atom is -0.307 e. The van der Waals surface area contributed by atoms with E-state index in [2.05, 4.69) is 0 Å². The highest BCUT2D eigenvalue weighted by molar-refractivity contribution is 7.14. The van der Waals surface area contributed by atoms with Gasteiger partial charge in [0.05, 0.1) is 10.9 Å². The number of aryl methyl sites for hydroxylation is 1. The molecule has 4 nitrogen and oxygen atoms in total. The van der Waals surface area contributed by atoms with Crippen LogP contribution in [0.4, 0.5) is 11.4 Å². The van der Waals surface area contributed by atoms with E-state index < -0.39 is 0 Å². The summed E-state index contributed by atoms with van der Waals surface area (Å²) in [6.45, 7) is 6.37. The SMILES string of the molecule is Cc1ccc(C(=O)N2CCC(N(C(=O)C(C)C)c3ccc(Cl)cc3)c3ccccc32)s1. The maximum atomic E-state index is 13.3. The number of para-hydroxylation sites is 1. The Kier molecular flexibility index (Phi) is 6.17. The Balaban J connectivity index is 1.75. The number of carbonyl (C=O) groups excluding carboxylic acids is 2. The lowest BCUT2D eigenvalue weighted by Gasteiger charge is -2.40. The fourth-order valence-corrected chi connectivity index (χ4v) is 4.99. The van der Waals surface area contributed by atoms with Crippen molar-refractivity contribution < 1.29 is 9.59 Å². The van der Waals surface area contributed by atoms with Gasteiger partial charge in [0.2, 0.25) is 5.91 Å². The average molecular weight is 453 g/mol. The number of nitrogens with zero attached hydrogens (tertiary/aromatic N) is 2. The molecule has 0 bridgehead atoms. The van der Waals surface area contributed by atoms with Crippen LogP contribution in [0.1, 0.15) is 46.4 Å². The second-order valence-electron chi connectivity index (χ2n) is 8.07. The number of rotatable bonds is 4. The Morgan fingerprint density at radius 1 is 1.06 bits per heavy atom. The smallest absolute Gasteiger partial charge is 0.268 e. The minimum absolute atomic E-state index is 0.0113. The molecule has 0 saturated carbocycles. The van der Waals surface area contributed by atoms with Gasteiger partial charge in [-0.05, 0) is 61.4 Å². The molecular formula is C25H25ClN2O2S. The number of fused-ring (bicyclic) bond motifs is 1. The van der Waals surface area contributed by atoms with E-state index in [0.29, 0.717) is 18.0 Å². The van der Waals surface area contributed by atoms with Crippen LogP contribution in [0.2, 0.25) is 5.02 Å². The number of hydrogen-bond acceptors (Lipinski definition) is 3. The monoisotopic (exact) mass is 452 g/mol. The van der Waals surface area contributed by atoms with E-state index in [4.69, 9.17) is 11.6 Å². The fraction of sp³-hybridized carbons (Fsp3) is 0.280. The van der Waals surface area contributed by atoms with Gasteiger partial charge < -0.3 is 9.80 Å². The molecule has 160 valence electrons. The number of carbonyl (C=O) groups is 2. The quantitative estimate of drug-likeness (QED) is 0.453. The van der Waals surface area contributed by atoms with Gasteiger partial charge in [-0.15, -0.1) is 11.3 Å². The van der Waals surface area contributed by atoms with Crippen LogP contribution in [-0.4, -0.2) is 18.4 Å². The Bertz CT molecular complexity index is 1110. The molecule has 2 aromatic carbocycles. The summed E-state index contributed by atoms with van der Waals surface area (Å²) in [5.74, 6) is -0.0930. The molecule has 1 atom stereocenters. The predicted octanol–water partition coefficient (Wildman–Crippen LogP) is 6.49. The van der Waals surface area contributed by atoms with Gasteiger partial charge in [-0.2, -0.15) is 0 Å². The fourth-order valence-electron chi connectivity index (χ4n) is 4.04. The summed E-state index contributed by atoms with van der Waals surface area (Å²) in [4.78, 5) is 32.1. The second-order valence-corrected chi connectivity index (χ2v) is 9.79. The molecule has 1 aliphatic rings. The van der Waals surface area contributed by atoms with Gasteiger partial charge in [0.25, 0.3) is 5.91 Å². The lowest BCUT2D eigenvalue weighted by molar-refractivity contribution is -0.122.